The van der Waals surface area contributed by atoms with Crippen LogP contribution in [0.1, 0.15) is 0 Å². The van der Waals surface area contributed by atoms with E-state index in [-0.39, 0.29) is 9.92 Å². The molecule has 0 saturated heterocycles. The first-order valence-electron chi connectivity index (χ1n) is 5.32. The van der Waals surface area contributed by atoms with E-state index < -0.39 is 10.0 Å². The molecule has 0 atom stereocenters. The molecule has 4 nitrogen and oxygen atoms in total. The van der Waals surface area contributed by atoms with Gasteiger partial charge in [-0.3, -0.25) is 4.72 Å². The number of nitrogens with one attached hydrogen (secondary N) is 1. The maximum absolute atomic E-state index is 12.3. The molecular weight excluding hydrogens is 387 g/mol. The van der Waals surface area contributed by atoms with Crippen LogP contribution >= 0.6 is 39.1 Å². The molecule has 20 heavy (non-hydrogen) atoms. The third-order valence-corrected chi connectivity index (χ3v) is 5.51. The standard InChI is InChI=1S/C12H9BrCl2N2O2S/c13-9-3-2-8(6-11(9)15)17-20(18,19)12-5-7(16)1-4-10(12)14/h1-6,17H,16H2. The van der Waals surface area contributed by atoms with Crippen molar-refractivity contribution in [2.24, 2.45) is 0 Å². The minimum Gasteiger partial charge on any atom is -0.399 e. The third-order valence-electron chi connectivity index (χ3n) is 2.42. The van der Waals surface area contributed by atoms with Gasteiger partial charge in [-0.05, 0) is 52.3 Å². The largest absolute Gasteiger partial charge is 0.399 e. The first-order chi connectivity index (χ1) is 9.29. The van der Waals surface area contributed by atoms with E-state index in [1.165, 1.54) is 24.3 Å². The van der Waals surface area contributed by atoms with Crippen LogP contribution in [-0.2, 0) is 10.0 Å². The Kier molecular flexibility index (Phi) is 4.49. The van der Waals surface area contributed by atoms with Gasteiger partial charge in [0.05, 0.1) is 15.7 Å². The predicted octanol–water partition coefficient (Wildman–Crippen LogP) is 4.14. The summed E-state index contributed by atoms with van der Waals surface area (Å²) in [6.45, 7) is 0. The predicted molar refractivity (Wildman–Crippen MR) is 85.8 cm³/mol. The topological polar surface area (TPSA) is 72.2 Å². The van der Waals surface area contributed by atoms with Gasteiger partial charge in [-0.25, -0.2) is 8.42 Å². The molecule has 0 fully saturated rings. The summed E-state index contributed by atoms with van der Waals surface area (Å²) in [6.07, 6.45) is 0. The van der Waals surface area contributed by atoms with E-state index in [1.807, 2.05) is 0 Å². The van der Waals surface area contributed by atoms with Crippen molar-refractivity contribution >= 4 is 60.5 Å². The number of benzene rings is 2. The van der Waals surface area contributed by atoms with Gasteiger partial charge in [0.1, 0.15) is 4.90 Å². The summed E-state index contributed by atoms with van der Waals surface area (Å²) >= 11 is 15.0. The molecule has 106 valence electrons. The molecule has 0 aromatic heterocycles. The molecule has 2 rings (SSSR count). The number of anilines is 2. The number of hydrogen-bond donors (Lipinski definition) is 2. The quantitative estimate of drug-likeness (QED) is 0.767. The second-order valence-electron chi connectivity index (χ2n) is 3.92. The van der Waals surface area contributed by atoms with Gasteiger partial charge in [0.25, 0.3) is 10.0 Å². The van der Waals surface area contributed by atoms with Gasteiger partial charge in [-0.15, -0.1) is 0 Å². The lowest BCUT2D eigenvalue weighted by Crippen LogP contribution is -2.13. The van der Waals surface area contributed by atoms with Crippen molar-refractivity contribution in [2.45, 2.75) is 4.90 Å². The molecule has 2 aromatic rings. The van der Waals surface area contributed by atoms with E-state index in [4.69, 9.17) is 28.9 Å². The highest BCUT2D eigenvalue weighted by Gasteiger charge is 2.18. The summed E-state index contributed by atoms with van der Waals surface area (Å²) in [5.41, 5.74) is 6.22. The summed E-state index contributed by atoms with van der Waals surface area (Å²) in [4.78, 5) is -0.0850. The number of rotatable bonds is 3. The van der Waals surface area contributed by atoms with Gasteiger partial charge in [0.15, 0.2) is 0 Å². The van der Waals surface area contributed by atoms with Crippen LogP contribution in [0.15, 0.2) is 45.8 Å². The number of sulfonamides is 1. The fourth-order valence-corrected chi connectivity index (χ4v) is 3.51. The molecule has 0 aliphatic rings. The fraction of sp³-hybridized carbons (Fsp3) is 0. The smallest absolute Gasteiger partial charge is 0.263 e. The molecule has 0 heterocycles. The highest BCUT2D eigenvalue weighted by Crippen LogP contribution is 2.29. The van der Waals surface area contributed by atoms with Gasteiger partial charge in [0, 0.05) is 10.2 Å². The lowest BCUT2D eigenvalue weighted by molar-refractivity contribution is 0.601. The molecule has 0 bridgehead atoms. The molecule has 0 saturated carbocycles. The van der Waals surface area contributed by atoms with E-state index in [9.17, 15) is 8.42 Å². The van der Waals surface area contributed by atoms with E-state index >= 15 is 0 Å². The summed E-state index contributed by atoms with van der Waals surface area (Å²) in [5.74, 6) is 0. The number of hydrogen-bond acceptors (Lipinski definition) is 3. The van der Waals surface area contributed by atoms with Crippen molar-refractivity contribution < 1.29 is 8.42 Å². The second-order valence-corrected chi connectivity index (χ2v) is 7.24. The minimum atomic E-state index is -3.83. The minimum absolute atomic E-state index is 0.0850. The lowest BCUT2D eigenvalue weighted by Gasteiger charge is -2.10. The maximum Gasteiger partial charge on any atom is 0.263 e. The molecule has 0 aliphatic carbocycles. The highest BCUT2D eigenvalue weighted by molar-refractivity contribution is 9.10. The number of halogens is 3. The molecule has 0 spiro atoms. The van der Waals surface area contributed by atoms with Crippen LogP contribution in [0.25, 0.3) is 0 Å². The van der Waals surface area contributed by atoms with Gasteiger partial charge in [-0.1, -0.05) is 23.2 Å². The molecule has 0 aliphatic heterocycles. The zero-order valence-corrected chi connectivity index (χ0v) is 13.8. The summed E-state index contributed by atoms with van der Waals surface area (Å²) in [6, 6.07) is 8.96. The van der Waals surface area contributed by atoms with Crippen LogP contribution in [0.4, 0.5) is 11.4 Å². The third kappa shape index (κ3) is 3.38. The van der Waals surface area contributed by atoms with Crippen LogP contribution < -0.4 is 10.5 Å². The zero-order chi connectivity index (χ0) is 14.9. The zero-order valence-electron chi connectivity index (χ0n) is 9.90. The van der Waals surface area contributed by atoms with Crippen molar-refractivity contribution in [1.29, 1.82) is 0 Å². The molecule has 8 heteroatoms. The number of nitrogen functional groups attached to an aromatic ring is 1. The Morgan fingerprint density at radius 1 is 1.05 bits per heavy atom. The maximum atomic E-state index is 12.3. The average Bonchev–Trinajstić information content (AvgIpc) is 2.36. The first kappa shape index (κ1) is 15.4. The lowest BCUT2D eigenvalue weighted by atomic mass is 10.3. The van der Waals surface area contributed by atoms with Crippen molar-refractivity contribution in [2.75, 3.05) is 10.5 Å². The molecule has 0 radical (unpaired) electrons. The Bertz CT molecular complexity index is 766. The number of nitrogens with two attached hydrogens (primary N) is 1. The Hall–Kier alpha value is -0.950. The van der Waals surface area contributed by atoms with Crippen molar-refractivity contribution in [1.82, 2.24) is 0 Å². The van der Waals surface area contributed by atoms with E-state index in [0.717, 1.165) is 0 Å². The molecule has 2 aromatic carbocycles. The summed E-state index contributed by atoms with van der Waals surface area (Å²) < 4.78 is 27.6. The van der Waals surface area contributed by atoms with Crippen LogP contribution in [-0.4, -0.2) is 8.42 Å². The SMILES string of the molecule is Nc1ccc(Cl)c(S(=O)(=O)Nc2ccc(Br)c(Cl)c2)c1. The van der Waals surface area contributed by atoms with Crippen molar-refractivity contribution in [3.63, 3.8) is 0 Å². The Morgan fingerprint density at radius 3 is 2.40 bits per heavy atom. The Labute approximate surface area is 135 Å². The molecule has 3 N–H and O–H groups in total. The Morgan fingerprint density at radius 2 is 1.75 bits per heavy atom. The van der Waals surface area contributed by atoms with Gasteiger partial charge < -0.3 is 5.73 Å². The molecule has 0 amide bonds. The van der Waals surface area contributed by atoms with Crippen LogP contribution in [0.2, 0.25) is 10.0 Å². The second kappa shape index (κ2) is 5.81. The first-order valence-corrected chi connectivity index (χ1v) is 8.36. The summed E-state index contributed by atoms with van der Waals surface area (Å²) in [5, 5.41) is 0.485. The average molecular weight is 396 g/mol. The van der Waals surface area contributed by atoms with Gasteiger partial charge in [0.2, 0.25) is 0 Å². The monoisotopic (exact) mass is 394 g/mol. The van der Waals surface area contributed by atoms with Crippen LogP contribution in [0.3, 0.4) is 0 Å². The fourth-order valence-electron chi connectivity index (χ4n) is 1.50. The molecule has 0 unspecified atom stereocenters. The van der Waals surface area contributed by atoms with Gasteiger partial charge >= 0.3 is 0 Å². The van der Waals surface area contributed by atoms with Gasteiger partial charge in [-0.2, -0.15) is 0 Å². The van der Waals surface area contributed by atoms with E-state index in [1.54, 1.807) is 12.1 Å². The van der Waals surface area contributed by atoms with Crippen molar-refractivity contribution in [3.8, 4) is 0 Å². The highest BCUT2D eigenvalue weighted by atomic mass is 79.9. The van der Waals surface area contributed by atoms with Crippen LogP contribution in [0, 0.1) is 0 Å². The summed E-state index contributed by atoms with van der Waals surface area (Å²) in [7, 11) is -3.83. The Balaban J connectivity index is 2.40. The van der Waals surface area contributed by atoms with E-state index in [2.05, 4.69) is 20.7 Å². The normalized spacial score (nSPS) is 11.3. The molecular formula is C12H9BrCl2N2O2S. The van der Waals surface area contributed by atoms with Crippen LogP contribution in [0.5, 0.6) is 0 Å². The van der Waals surface area contributed by atoms with Crippen molar-refractivity contribution in [3.05, 3.63) is 50.9 Å². The van der Waals surface area contributed by atoms with E-state index in [0.29, 0.717) is 20.9 Å².